The first-order valence-corrected chi connectivity index (χ1v) is 7.22. The quantitative estimate of drug-likeness (QED) is 0.863. The minimum Gasteiger partial charge on any atom is -0.395 e. The third-order valence-electron chi connectivity index (χ3n) is 3.60. The molecule has 2 aromatic rings. The molecular weight excluding hydrogens is 342 g/mol. The van der Waals surface area contributed by atoms with E-state index >= 15 is 0 Å². The Balaban J connectivity index is 2.42. The number of hydrogen-bond acceptors (Lipinski definition) is 2. The van der Waals surface area contributed by atoms with E-state index in [0.29, 0.717) is 15.6 Å². The zero-order valence-electron chi connectivity index (χ0n) is 11.2. The van der Waals surface area contributed by atoms with Gasteiger partial charge in [0.25, 0.3) is 0 Å². The van der Waals surface area contributed by atoms with E-state index in [1.54, 1.807) is 12.1 Å². The molecule has 5 heteroatoms. The van der Waals surface area contributed by atoms with Crippen LogP contribution in [0.2, 0.25) is 0 Å². The number of rotatable bonds is 5. The number of benzene rings is 2. The van der Waals surface area contributed by atoms with Gasteiger partial charge in [-0.1, -0.05) is 28.1 Å². The molecule has 0 aliphatic carbocycles. The lowest BCUT2D eigenvalue weighted by molar-refractivity contribution is 0.115. The van der Waals surface area contributed by atoms with Crippen LogP contribution in [-0.4, -0.2) is 23.4 Å². The van der Waals surface area contributed by atoms with Crippen molar-refractivity contribution in [3.05, 3.63) is 69.7 Å². The summed E-state index contributed by atoms with van der Waals surface area (Å²) in [6.07, 6.45) is 0.108. The molecule has 0 atom stereocenters. The van der Waals surface area contributed by atoms with Crippen molar-refractivity contribution >= 4 is 15.9 Å². The number of hydrogen-bond donors (Lipinski definition) is 2. The molecule has 2 nitrogen and oxygen atoms in total. The first kappa shape index (κ1) is 16.1. The molecule has 0 saturated carbocycles. The van der Waals surface area contributed by atoms with Crippen LogP contribution < -0.4 is 0 Å². The summed E-state index contributed by atoms with van der Waals surface area (Å²) in [4.78, 5) is 0. The molecule has 0 unspecified atom stereocenters. The molecule has 0 aliphatic rings. The molecule has 0 saturated heterocycles. The fourth-order valence-electron chi connectivity index (χ4n) is 2.29. The smallest absolute Gasteiger partial charge is 0.126 e. The highest BCUT2D eigenvalue weighted by Gasteiger charge is 2.32. The average molecular weight is 357 g/mol. The summed E-state index contributed by atoms with van der Waals surface area (Å²) in [5, 5.41) is 19.5. The van der Waals surface area contributed by atoms with E-state index in [0.717, 1.165) is 0 Å². The second-order valence-corrected chi connectivity index (χ2v) is 5.93. The molecule has 112 valence electrons. The second kappa shape index (κ2) is 6.64. The SMILES string of the molecule is OCC(CO)(Cc1cc(Br)ccc1F)c1ccc(F)cc1. The van der Waals surface area contributed by atoms with E-state index in [1.807, 2.05) is 0 Å². The topological polar surface area (TPSA) is 40.5 Å². The van der Waals surface area contributed by atoms with Crippen molar-refractivity contribution in [1.29, 1.82) is 0 Å². The van der Waals surface area contributed by atoms with Crippen LogP contribution in [0.5, 0.6) is 0 Å². The van der Waals surface area contributed by atoms with Crippen LogP contribution in [0.15, 0.2) is 46.9 Å². The van der Waals surface area contributed by atoms with E-state index in [1.165, 1.54) is 30.3 Å². The van der Waals surface area contributed by atoms with Crippen LogP contribution >= 0.6 is 15.9 Å². The summed E-state index contributed by atoms with van der Waals surface area (Å²) in [6.45, 7) is -0.748. The predicted molar refractivity (Wildman–Crippen MR) is 80.1 cm³/mol. The van der Waals surface area contributed by atoms with Gasteiger partial charge in [0, 0.05) is 9.89 Å². The third kappa shape index (κ3) is 3.48. The van der Waals surface area contributed by atoms with Gasteiger partial charge in [-0.25, -0.2) is 8.78 Å². The van der Waals surface area contributed by atoms with Crippen LogP contribution in [-0.2, 0) is 11.8 Å². The molecule has 0 amide bonds. The highest BCUT2D eigenvalue weighted by atomic mass is 79.9. The molecular formula is C16H15BrF2O2. The molecule has 21 heavy (non-hydrogen) atoms. The highest BCUT2D eigenvalue weighted by Crippen LogP contribution is 2.30. The summed E-state index contributed by atoms with van der Waals surface area (Å²) in [5.74, 6) is -0.816. The Bertz CT molecular complexity index is 610. The molecule has 0 bridgehead atoms. The molecule has 0 fully saturated rings. The second-order valence-electron chi connectivity index (χ2n) is 5.02. The fraction of sp³-hybridized carbons (Fsp3) is 0.250. The molecule has 0 spiro atoms. The first-order chi connectivity index (χ1) is 10.0. The van der Waals surface area contributed by atoms with E-state index in [2.05, 4.69) is 15.9 Å². The highest BCUT2D eigenvalue weighted by molar-refractivity contribution is 9.10. The molecule has 0 aliphatic heterocycles. The van der Waals surface area contributed by atoms with Gasteiger partial charge in [-0.2, -0.15) is 0 Å². The van der Waals surface area contributed by atoms with Crippen molar-refractivity contribution in [3.8, 4) is 0 Å². The summed E-state index contributed by atoms with van der Waals surface area (Å²) in [7, 11) is 0. The van der Waals surface area contributed by atoms with Crippen molar-refractivity contribution in [3.63, 3.8) is 0 Å². The minimum absolute atomic E-state index is 0.108. The van der Waals surface area contributed by atoms with E-state index < -0.39 is 17.0 Å². The number of aliphatic hydroxyl groups is 2. The monoisotopic (exact) mass is 356 g/mol. The zero-order valence-corrected chi connectivity index (χ0v) is 12.8. The van der Waals surface area contributed by atoms with Gasteiger partial charge in [0.05, 0.1) is 13.2 Å². The normalized spacial score (nSPS) is 11.7. The maximum atomic E-state index is 13.9. The molecule has 2 N–H and O–H groups in total. The standard InChI is InChI=1S/C16H15BrF2O2/c17-13-3-6-15(19)11(7-13)8-16(9-20,10-21)12-1-4-14(18)5-2-12/h1-7,20-21H,8-10H2. The van der Waals surface area contributed by atoms with Gasteiger partial charge < -0.3 is 10.2 Å². The third-order valence-corrected chi connectivity index (χ3v) is 4.09. The van der Waals surface area contributed by atoms with E-state index in [9.17, 15) is 19.0 Å². The largest absolute Gasteiger partial charge is 0.395 e. The Labute approximate surface area is 130 Å². The molecule has 2 aromatic carbocycles. The van der Waals surface area contributed by atoms with Gasteiger partial charge >= 0.3 is 0 Å². The lowest BCUT2D eigenvalue weighted by Gasteiger charge is -2.30. The van der Waals surface area contributed by atoms with Gasteiger partial charge in [-0.3, -0.25) is 0 Å². The maximum Gasteiger partial charge on any atom is 0.126 e. The van der Waals surface area contributed by atoms with E-state index in [4.69, 9.17) is 0 Å². The lowest BCUT2D eigenvalue weighted by Crippen LogP contribution is -2.37. The van der Waals surface area contributed by atoms with Crippen LogP contribution in [0.4, 0.5) is 8.78 Å². The minimum atomic E-state index is -1.06. The van der Waals surface area contributed by atoms with Crippen molar-refractivity contribution in [2.45, 2.75) is 11.8 Å². The van der Waals surface area contributed by atoms with Gasteiger partial charge in [0.1, 0.15) is 11.6 Å². The Hall–Kier alpha value is -1.30. The summed E-state index contributed by atoms with van der Waals surface area (Å²) < 4.78 is 27.7. The summed E-state index contributed by atoms with van der Waals surface area (Å²) >= 11 is 3.27. The van der Waals surface area contributed by atoms with Crippen molar-refractivity contribution < 1.29 is 19.0 Å². The average Bonchev–Trinajstić information content (AvgIpc) is 2.49. The van der Waals surface area contributed by atoms with Gasteiger partial charge in [-0.15, -0.1) is 0 Å². The Morgan fingerprint density at radius 3 is 2.14 bits per heavy atom. The zero-order chi connectivity index (χ0) is 15.5. The van der Waals surface area contributed by atoms with Gasteiger partial charge in [0.2, 0.25) is 0 Å². The van der Waals surface area contributed by atoms with Crippen molar-refractivity contribution in [2.75, 3.05) is 13.2 Å². The summed E-state index contributed by atoms with van der Waals surface area (Å²) in [5.41, 5.74) is -0.125. The van der Waals surface area contributed by atoms with Crippen molar-refractivity contribution in [1.82, 2.24) is 0 Å². The van der Waals surface area contributed by atoms with Crippen LogP contribution in [0.1, 0.15) is 11.1 Å². The number of aliphatic hydroxyl groups excluding tert-OH is 2. The predicted octanol–water partition coefficient (Wildman–Crippen LogP) is 3.19. The van der Waals surface area contributed by atoms with Crippen LogP contribution in [0, 0.1) is 11.6 Å². The van der Waals surface area contributed by atoms with Crippen LogP contribution in [0.3, 0.4) is 0 Å². The molecule has 2 rings (SSSR count). The Morgan fingerprint density at radius 2 is 1.57 bits per heavy atom. The van der Waals surface area contributed by atoms with Crippen molar-refractivity contribution in [2.24, 2.45) is 0 Å². The Morgan fingerprint density at radius 1 is 0.952 bits per heavy atom. The Kier molecular flexibility index (Phi) is 5.08. The van der Waals surface area contributed by atoms with Gasteiger partial charge in [-0.05, 0) is 47.9 Å². The number of halogens is 3. The first-order valence-electron chi connectivity index (χ1n) is 6.42. The fourth-order valence-corrected chi connectivity index (χ4v) is 2.70. The molecule has 0 heterocycles. The lowest BCUT2D eigenvalue weighted by atomic mass is 9.76. The summed E-state index contributed by atoms with van der Waals surface area (Å²) in [6, 6.07) is 10.0. The van der Waals surface area contributed by atoms with E-state index in [-0.39, 0.29) is 19.6 Å². The van der Waals surface area contributed by atoms with Gasteiger partial charge in [0.15, 0.2) is 0 Å². The molecule has 0 radical (unpaired) electrons. The van der Waals surface area contributed by atoms with Crippen LogP contribution in [0.25, 0.3) is 0 Å². The molecule has 0 aromatic heterocycles. The maximum absolute atomic E-state index is 13.9.